The molecule has 0 spiro atoms. The number of cyclic esters (lactones) is 1. The number of amides is 3. The Kier molecular flexibility index (Phi) is 9.98. The van der Waals surface area contributed by atoms with Crippen molar-refractivity contribution in [1.29, 1.82) is 0 Å². The number of ether oxygens (including phenoxy) is 3. The quantitative estimate of drug-likeness (QED) is 0.201. The molecule has 1 fully saturated rings. The number of anilines is 1. The zero-order valence-electron chi connectivity index (χ0n) is 25.8. The number of rotatable bonds is 13. The summed E-state index contributed by atoms with van der Waals surface area (Å²) in [6.07, 6.45) is -1.58. The minimum Gasteiger partial charge on any atom is -0.454 e. The lowest BCUT2D eigenvalue weighted by molar-refractivity contribution is -0.129. The molecule has 0 radical (unpaired) electrons. The van der Waals surface area contributed by atoms with E-state index in [0.717, 1.165) is 16.7 Å². The molecule has 4 aromatic rings. The minimum absolute atomic E-state index is 0.0713. The zero-order chi connectivity index (χ0) is 32.6. The highest BCUT2D eigenvalue weighted by Crippen LogP contribution is 2.32. The van der Waals surface area contributed by atoms with Gasteiger partial charge < -0.3 is 30.0 Å². The van der Waals surface area contributed by atoms with Crippen LogP contribution < -0.4 is 25.0 Å². The van der Waals surface area contributed by atoms with Gasteiger partial charge in [-0.1, -0.05) is 84.9 Å². The lowest BCUT2D eigenvalue weighted by Gasteiger charge is -2.29. The number of nitrogens with one attached hydrogen (secondary N) is 2. The monoisotopic (exact) mass is 635 g/mol. The number of benzene rings is 4. The second-order valence-electron chi connectivity index (χ2n) is 11.7. The third-order valence-corrected chi connectivity index (χ3v) is 8.28. The molecule has 10 nitrogen and oxygen atoms in total. The SMILES string of the molecule is O=C(Cc1ccc2c(c1)OCO2)N[C@@H](Cc1ccccc1)[C@@H](O)C[C@H](Cc1ccccc1)NC(=O)C1CN(c2ccccc2)C(=O)O1. The third kappa shape index (κ3) is 8.28. The van der Waals surface area contributed by atoms with Gasteiger partial charge in [0.2, 0.25) is 12.7 Å². The van der Waals surface area contributed by atoms with Gasteiger partial charge in [-0.15, -0.1) is 0 Å². The molecule has 1 unspecified atom stereocenters. The molecule has 0 aromatic heterocycles. The third-order valence-electron chi connectivity index (χ3n) is 8.28. The fourth-order valence-electron chi connectivity index (χ4n) is 5.91. The van der Waals surface area contributed by atoms with E-state index < -0.39 is 36.3 Å². The van der Waals surface area contributed by atoms with Gasteiger partial charge in [0.25, 0.3) is 5.91 Å². The van der Waals surface area contributed by atoms with Gasteiger partial charge in [-0.3, -0.25) is 14.5 Å². The van der Waals surface area contributed by atoms with E-state index in [4.69, 9.17) is 14.2 Å². The fraction of sp³-hybridized carbons (Fsp3) is 0.270. The van der Waals surface area contributed by atoms with Gasteiger partial charge >= 0.3 is 6.09 Å². The zero-order valence-corrected chi connectivity index (χ0v) is 25.8. The number of aliphatic hydroxyl groups is 1. The second-order valence-corrected chi connectivity index (χ2v) is 11.7. The van der Waals surface area contributed by atoms with E-state index in [1.165, 1.54) is 4.90 Å². The van der Waals surface area contributed by atoms with Gasteiger partial charge in [-0.2, -0.15) is 0 Å². The summed E-state index contributed by atoms with van der Waals surface area (Å²) >= 11 is 0. The first-order chi connectivity index (χ1) is 22.9. The molecular weight excluding hydrogens is 598 g/mol. The van der Waals surface area contributed by atoms with E-state index in [2.05, 4.69) is 10.6 Å². The van der Waals surface area contributed by atoms with Gasteiger partial charge in [-0.05, 0) is 60.2 Å². The Balaban J connectivity index is 1.16. The van der Waals surface area contributed by atoms with Crippen LogP contribution in [0, 0.1) is 0 Å². The molecular formula is C37H37N3O7. The molecule has 10 heteroatoms. The molecule has 6 rings (SSSR count). The van der Waals surface area contributed by atoms with Crippen LogP contribution in [0.3, 0.4) is 0 Å². The van der Waals surface area contributed by atoms with Crippen LogP contribution in [-0.4, -0.2) is 60.6 Å². The van der Waals surface area contributed by atoms with Crippen LogP contribution in [0.15, 0.2) is 109 Å². The first-order valence-electron chi connectivity index (χ1n) is 15.7. The van der Waals surface area contributed by atoms with Crippen LogP contribution >= 0.6 is 0 Å². The molecule has 4 atom stereocenters. The number of carbonyl (C=O) groups excluding carboxylic acids is 3. The van der Waals surface area contributed by atoms with E-state index in [1.807, 2.05) is 84.9 Å². The average Bonchev–Trinajstić information content (AvgIpc) is 3.72. The number of fused-ring (bicyclic) bond motifs is 1. The van der Waals surface area contributed by atoms with Crippen molar-refractivity contribution in [2.45, 2.75) is 50.0 Å². The number of carbonyl (C=O) groups is 3. The van der Waals surface area contributed by atoms with Gasteiger partial charge in [0, 0.05) is 11.7 Å². The Bertz CT molecular complexity index is 1670. The van der Waals surface area contributed by atoms with Crippen molar-refractivity contribution in [3.63, 3.8) is 0 Å². The molecule has 3 N–H and O–H groups in total. The summed E-state index contributed by atoms with van der Waals surface area (Å²) in [5.74, 6) is 0.524. The highest BCUT2D eigenvalue weighted by atomic mass is 16.7. The number of para-hydroxylation sites is 1. The van der Waals surface area contributed by atoms with Crippen LogP contribution in [-0.2, 0) is 33.6 Å². The first-order valence-corrected chi connectivity index (χ1v) is 15.7. The summed E-state index contributed by atoms with van der Waals surface area (Å²) in [6.45, 7) is 0.216. The standard InChI is InChI=1S/C37H37N3O7/c41-31(30(19-26-12-6-2-7-13-26)39-35(42)21-27-16-17-32-33(20-27)46-24-45-32)22-28(18-25-10-4-1-5-11-25)38-36(43)34-23-40(37(44)47-34)29-14-8-3-9-15-29/h1-17,20,28,30-31,34,41H,18-19,21-24H2,(H,38,43)(H,39,42)/t28-,30-,31-,34?/m0/s1. The summed E-state index contributed by atoms with van der Waals surface area (Å²) in [5, 5.41) is 17.7. The molecule has 2 aliphatic rings. The lowest BCUT2D eigenvalue weighted by Crippen LogP contribution is -2.50. The average molecular weight is 636 g/mol. The molecule has 0 aliphatic carbocycles. The maximum Gasteiger partial charge on any atom is 0.415 e. The molecule has 0 saturated carbocycles. The molecule has 2 heterocycles. The van der Waals surface area contributed by atoms with Crippen LogP contribution in [0.2, 0.25) is 0 Å². The predicted octanol–water partition coefficient (Wildman–Crippen LogP) is 4.19. The highest BCUT2D eigenvalue weighted by molar-refractivity contribution is 5.95. The van der Waals surface area contributed by atoms with Crippen molar-refractivity contribution >= 4 is 23.6 Å². The summed E-state index contributed by atoms with van der Waals surface area (Å²) in [6, 6.07) is 32.5. The van der Waals surface area contributed by atoms with Crippen molar-refractivity contribution in [3.05, 3.63) is 126 Å². The van der Waals surface area contributed by atoms with E-state index in [0.29, 0.717) is 30.0 Å². The summed E-state index contributed by atoms with van der Waals surface area (Å²) in [7, 11) is 0. The maximum absolute atomic E-state index is 13.5. The van der Waals surface area contributed by atoms with E-state index >= 15 is 0 Å². The van der Waals surface area contributed by atoms with Gasteiger partial charge in [0.1, 0.15) is 0 Å². The number of nitrogens with zero attached hydrogens (tertiary/aromatic N) is 1. The van der Waals surface area contributed by atoms with Crippen LogP contribution in [0.5, 0.6) is 11.5 Å². The van der Waals surface area contributed by atoms with Crippen molar-refractivity contribution in [2.24, 2.45) is 0 Å². The summed E-state index contributed by atoms with van der Waals surface area (Å²) in [5.41, 5.74) is 3.31. The highest BCUT2D eigenvalue weighted by Gasteiger charge is 2.38. The molecule has 3 amide bonds. The number of hydrogen-bond donors (Lipinski definition) is 3. The molecule has 242 valence electrons. The molecule has 47 heavy (non-hydrogen) atoms. The Morgan fingerprint density at radius 2 is 1.43 bits per heavy atom. The first kappa shape index (κ1) is 31.6. The fourth-order valence-corrected chi connectivity index (χ4v) is 5.91. The van der Waals surface area contributed by atoms with Crippen molar-refractivity contribution < 1.29 is 33.7 Å². The molecule has 4 aromatic carbocycles. The van der Waals surface area contributed by atoms with Gasteiger partial charge in [-0.25, -0.2) is 4.79 Å². The predicted molar refractivity (Wildman–Crippen MR) is 175 cm³/mol. The van der Waals surface area contributed by atoms with Crippen molar-refractivity contribution in [1.82, 2.24) is 10.6 Å². The van der Waals surface area contributed by atoms with Crippen molar-refractivity contribution in [3.8, 4) is 11.5 Å². The topological polar surface area (TPSA) is 126 Å². The number of hydrogen-bond acceptors (Lipinski definition) is 7. The molecule has 0 bridgehead atoms. The van der Waals surface area contributed by atoms with E-state index in [1.54, 1.807) is 24.3 Å². The maximum atomic E-state index is 13.5. The lowest BCUT2D eigenvalue weighted by atomic mass is 9.93. The summed E-state index contributed by atoms with van der Waals surface area (Å²) in [4.78, 5) is 40.8. The smallest absolute Gasteiger partial charge is 0.415 e. The van der Waals surface area contributed by atoms with E-state index in [9.17, 15) is 19.5 Å². The molecule has 1 saturated heterocycles. The minimum atomic E-state index is -1.02. The normalized spacial score (nSPS) is 17.0. The largest absolute Gasteiger partial charge is 0.454 e. The van der Waals surface area contributed by atoms with E-state index in [-0.39, 0.29) is 32.1 Å². The Morgan fingerprint density at radius 1 is 0.787 bits per heavy atom. The second kappa shape index (κ2) is 14.8. The van der Waals surface area contributed by atoms with Crippen LogP contribution in [0.25, 0.3) is 0 Å². The van der Waals surface area contributed by atoms with Gasteiger partial charge in [0.15, 0.2) is 17.6 Å². The van der Waals surface area contributed by atoms with Crippen LogP contribution in [0.1, 0.15) is 23.1 Å². The Morgan fingerprint density at radius 3 is 2.13 bits per heavy atom. The van der Waals surface area contributed by atoms with Crippen LogP contribution in [0.4, 0.5) is 10.5 Å². The Labute approximate surface area is 273 Å². The molecule has 2 aliphatic heterocycles. The summed E-state index contributed by atoms with van der Waals surface area (Å²) < 4.78 is 16.3. The van der Waals surface area contributed by atoms with Gasteiger partial charge in [0.05, 0.1) is 25.1 Å². The Hall–Kier alpha value is -5.35. The van der Waals surface area contributed by atoms with Crippen molar-refractivity contribution in [2.75, 3.05) is 18.2 Å². The number of aliphatic hydroxyl groups excluding tert-OH is 1.